The zero-order valence-electron chi connectivity index (χ0n) is 17.0. The second-order valence-corrected chi connectivity index (χ2v) is 7.16. The second kappa shape index (κ2) is 8.79. The summed E-state index contributed by atoms with van der Waals surface area (Å²) in [7, 11) is 0. The normalized spacial score (nSPS) is 11.5. The van der Waals surface area contributed by atoms with Crippen LogP contribution in [-0.2, 0) is 6.18 Å². The van der Waals surface area contributed by atoms with Crippen molar-refractivity contribution < 1.29 is 31.5 Å². The first-order chi connectivity index (χ1) is 16.5. The van der Waals surface area contributed by atoms with Crippen molar-refractivity contribution in [1.29, 1.82) is 0 Å². The Balaban J connectivity index is 1.87. The fourth-order valence-corrected chi connectivity index (χ4v) is 3.21. The number of halogens is 6. The monoisotopic (exact) mass is 511 g/mol. The van der Waals surface area contributed by atoms with Crippen LogP contribution in [-0.4, -0.2) is 30.6 Å². The molecule has 0 fully saturated rings. The lowest BCUT2D eigenvalue weighted by Crippen LogP contribution is -2.21. The van der Waals surface area contributed by atoms with Crippen molar-refractivity contribution in [2.24, 2.45) is 5.73 Å². The van der Waals surface area contributed by atoms with Crippen LogP contribution in [0.4, 0.5) is 27.8 Å². The number of nitrogen functional groups attached to an aromatic ring is 1. The highest BCUT2D eigenvalue weighted by atomic mass is 35.5. The van der Waals surface area contributed by atoms with Crippen molar-refractivity contribution >= 4 is 23.3 Å². The van der Waals surface area contributed by atoms with Crippen LogP contribution in [0.1, 0.15) is 16.1 Å². The lowest BCUT2D eigenvalue weighted by molar-refractivity contribution is -0.143. The number of rotatable bonds is 5. The molecule has 0 unspecified atom stereocenters. The van der Waals surface area contributed by atoms with Gasteiger partial charge in [0.05, 0.1) is 5.56 Å². The number of nitrogens with two attached hydrogens (primary N) is 2. The topological polar surface area (TPSA) is 135 Å². The van der Waals surface area contributed by atoms with Gasteiger partial charge in [-0.15, -0.1) is 0 Å². The van der Waals surface area contributed by atoms with Crippen molar-refractivity contribution in [3.8, 4) is 28.7 Å². The van der Waals surface area contributed by atoms with Crippen molar-refractivity contribution in [2.75, 3.05) is 5.73 Å². The second-order valence-electron chi connectivity index (χ2n) is 6.78. The van der Waals surface area contributed by atoms with Gasteiger partial charge < -0.3 is 16.2 Å². The average Bonchev–Trinajstić information content (AvgIpc) is 3.20. The number of hydrogen-bond acceptors (Lipinski definition) is 7. The number of anilines is 1. The Kier molecular flexibility index (Phi) is 5.98. The summed E-state index contributed by atoms with van der Waals surface area (Å²) in [5.74, 6) is -5.45. The van der Waals surface area contributed by atoms with E-state index in [9.17, 15) is 26.7 Å². The minimum atomic E-state index is -5.20. The number of hydrogen-bond donors (Lipinski definition) is 2. The SMILES string of the molecule is NC(=O)c1c(-c2ccc(Oc3ncnc(N)c3Cl)c(F)c2)nn(-c2ncccc2F)c1C(F)(F)F. The van der Waals surface area contributed by atoms with E-state index in [1.54, 1.807) is 0 Å². The summed E-state index contributed by atoms with van der Waals surface area (Å²) in [5.41, 5.74) is 7.00. The molecule has 1 aromatic carbocycles. The molecule has 3 aromatic heterocycles. The quantitative estimate of drug-likeness (QED) is 0.384. The largest absolute Gasteiger partial charge is 0.434 e. The fourth-order valence-electron chi connectivity index (χ4n) is 3.07. The Morgan fingerprint density at radius 3 is 2.46 bits per heavy atom. The first kappa shape index (κ1) is 23.8. The van der Waals surface area contributed by atoms with Crippen LogP contribution in [0.3, 0.4) is 0 Å². The Labute approximate surface area is 197 Å². The number of ether oxygens (including phenoxy) is 1. The molecule has 4 rings (SSSR count). The number of nitrogens with zero attached hydrogens (tertiary/aromatic N) is 5. The Bertz CT molecular complexity index is 1460. The third-order valence-electron chi connectivity index (χ3n) is 4.54. The molecule has 0 atom stereocenters. The predicted molar refractivity (Wildman–Crippen MR) is 112 cm³/mol. The van der Waals surface area contributed by atoms with Crippen LogP contribution in [0, 0.1) is 11.6 Å². The molecular formula is C20H11ClF5N7O2. The number of carbonyl (C=O) groups excluding carboxylic acids is 1. The predicted octanol–water partition coefficient (Wildman–Crippen LogP) is 4.15. The summed E-state index contributed by atoms with van der Waals surface area (Å²) in [5, 5.41) is 3.51. The minimum Gasteiger partial charge on any atom is -0.434 e. The van der Waals surface area contributed by atoms with Crippen molar-refractivity contribution in [3.05, 3.63) is 70.8 Å². The summed E-state index contributed by atoms with van der Waals surface area (Å²) < 4.78 is 76.2. The van der Waals surface area contributed by atoms with Gasteiger partial charge >= 0.3 is 6.18 Å². The standard InChI is InChI=1S/C20H11ClF5N7O2/c21-13-16(27)30-7-31-19(13)35-11-4-3-8(6-10(11)23)14-12(17(28)34)15(20(24,25)26)33(32-14)18-9(22)2-1-5-29-18/h1-7H,(H2,28,34)(H2,27,30,31). The molecule has 9 nitrogen and oxygen atoms in total. The van der Waals surface area contributed by atoms with E-state index >= 15 is 0 Å². The van der Waals surface area contributed by atoms with Gasteiger partial charge in [0.15, 0.2) is 28.9 Å². The zero-order chi connectivity index (χ0) is 25.5. The maximum atomic E-state index is 14.8. The number of benzene rings is 1. The highest BCUT2D eigenvalue weighted by Gasteiger charge is 2.43. The van der Waals surface area contributed by atoms with Gasteiger partial charge in [-0.1, -0.05) is 11.6 Å². The maximum absolute atomic E-state index is 14.8. The van der Waals surface area contributed by atoms with Crippen LogP contribution in [0.5, 0.6) is 11.6 Å². The van der Waals surface area contributed by atoms with Crippen LogP contribution < -0.4 is 16.2 Å². The molecule has 180 valence electrons. The van der Waals surface area contributed by atoms with Crippen LogP contribution in [0.25, 0.3) is 17.1 Å². The number of carbonyl (C=O) groups is 1. The molecule has 35 heavy (non-hydrogen) atoms. The molecule has 1 amide bonds. The Morgan fingerprint density at radius 1 is 1.09 bits per heavy atom. The van der Waals surface area contributed by atoms with E-state index in [1.165, 1.54) is 0 Å². The molecule has 0 aliphatic heterocycles. The Morgan fingerprint density at radius 2 is 1.83 bits per heavy atom. The molecular weight excluding hydrogens is 501 g/mol. The maximum Gasteiger partial charge on any atom is 0.434 e. The van der Waals surface area contributed by atoms with Gasteiger partial charge in [-0.3, -0.25) is 4.79 Å². The van der Waals surface area contributed by atoms with Gasteiger partial charge in [-0.2, -0.15) is 23.3 Å². The summed E-state index contributed by atoms with van der Waals surface area (Å²) in [4.78, 5) is 23.0. The highest BCUT2D eigenvalue weighted by molar-refractivity contribution is 6.34. The van der Waals surface area contributed by atoms with E-state index < -0.39 is 52.2 Å². The van der Waals surface area contributed by atoms with Crippen molar-refractivity contribution in [2.45, 2.75) is 6.18 Å². The number of amides is 1. The molecule has 4 N–H and O–H groups in total. The van der Waals surface area contributed by atoms with Crippen LogP contribution in [0.15, 0.2) is 42.9 Å². The van der Waals surface area contributed by atoms with Crippen LogP contribution in [0.2, 0.25) is 5.02 Å². The van der Waals surface area contributed by atoms with Gasteiger partial charge in [0.2, 0.25) is 5.88 Å². The molecule has 0 saturated heterocycles. The molecule has 15 heteroatoms. The van der Waals surface area contributed by atoms with Crippen molar-refractivity contribution in [3.63, 3.8) is 0 Å². The minimum absolute atomic E-state index is 0.0938. The van der Waals surface area contributed by atoms with E-state index in [0.717, 1.165) is 42.9 Å². The molecule has 0 aliphatic rings. The summed E-state index contributed by atoms with van der Waals surface area (Å²) in [6, 6.07) is 4.87. The van der Waals surface area contributed by atoms with Gasteiger partial charge in [-0.25, -0.2) is 23.4 Å². The summed E-state index contributed by atoms with van der Waals surface area (Å²) in [6.45, 7) is 0. The summed E-state index contributed by atoms with van der Waals surface area (Å²) >= 11 is 5.91. The van der Waals surface area contributed by atoms with Gasteiger partial charge in [0.25, 0.3) is 5.91 Å². The van der Waals surface area contributed by atoms with Crippen molar-refractivity contribution in [1.82, 2.24) is 24.7 Å². The van der Waals surface area contributed by atoms with E-state index in [2.05, 4.69) is 20.1 Å². The third-order valence-corrected chi connectivity index (χ3v) is 4.89. The highest BCUT2D eigenvalue weighted by Crippen LogP contribution is 2.39. The molecule has 4 aromatic rings. The number of alkyl halides is 3. The van der Waals surface area contributed by atoms with E-state index in [-0.39, 0.29) is 27.0 Å². The molecule has 0 saturated carbocycles. The Hall–Kier alpha value is -4.33. The first-order valence-electron chi connectivity index (χ1n) is 9.33. The molecule has 0 radical (unpaired) electrons. The number of primary amides is 1. The molecule has 0 spiro atoms. The van der Waals surface area contributed by atoms with Gasteiger partial charge in [0.1, 0.15) is 22.9 Å². The van der Waals surface area contributed by atoms with Gasteiger partial charge in [0, 0.05) is 11.8 Å². The zero-order valence-corrected chi connectivity index (χ0v) is 17.8. The van der Waals surface area contributed by atoms with E-state index in [4.69, 9.17) is 27.8 Å². The van der Waals surface area contributed by atoms with E-state index in [0.29, 0.717) is 0 Å². The average molecular weight is 512 g/mol. The fraction of sp³-hybridized carbons (Fsp3) is 0.0500. The number of aromatic nitrogens is 5. The van der Waals surface area contributed by atoms with Crippen LogP contribution >= 0.6 is 11.6 Å². The summed E-state index contributed by atoms with van der Waals surface area (Å²) in [6.07, 6.45) is -3.16. The first-order valence-corrected chi connectivity index (χ1v) is 9.71. The molecule has 0 aliphatic carbocycles. The third kappa shape index (κ3) is 4.42. The smallest absolute Gasteiger partial charge is 0.434 e. The van der Waals surface area contributed by atoms with E-state index in [1.807, 2.05) is 0 Å². The molecule has 3 heterocycles. The lowest BCUT2D eigenvalue weighted by atomic mass is 10.0. The lowest BCUT2D eigenvalue weighted by Gasteiger charge is -2.11. The number of pyridine rings is 1. The molecule has 0 bridgehead atoms. The van der Waals surface area contributed by atoms with Gasteiger partial charge in [-0.05, 0) is 30.3 Å².